The summed E-state index contributed by atoms with van der Waals surface area (Å²) in [5.74, 6) is 0. The Bertz CT molecular complexity index is 344. The fourth-order valence-corrected chi connectivity index (χ4v) is 3.31. The third-order valence-corrected chi connectivity index (χ3v) is 5.03. The molecule has 0 bridgehead atoms. The van der Waals surface area contributed by atoms with Gasteiger partial charge in [-0.25, -0.2) is 0 Å². The highest BCUT2D eigenvalue weighted by Crippen LogP contribution is 2.45. The van der Waals surface area contributed by atoms with Crippen molar-refractivity contribution < 1.29 is 0 Å². The topological polar surface area (TPSA) is 3.24 Å². The second-order valence-corrected chi connectivity index (χ2v) is 5.78. The van der Waals surface area contributed by atoms with Gasteiger partial charge in [0.05, 0.1) is 0 Å². The number of hydrogen-bond donors (Lipinski definition) is 0. The quantitative estimate of drug-likeness (QED) is 0.683. The van der Waals surface area contributed by atoms with E-state index in [4.69, 9.17) is 0 Å². The Morgan fingerprint density at radius 3 is 2.19 bits per heavy atom. The third-order valence-electron chi connectivity index (χ3n) is 5.03. The predicted molar refractivity (Wildman–Crippen MR) is 70.5 cm³/mol. The van der Waals surface area contributed by atoms with Crippen molar-refractivity contribution in [1.29, 1.82) is 0 Å². The highest BCUT2D eigenvalue weighted by molar-refractivity contribution is 5.46. The predicted octanol–water partition coefficient (Wildman–Crippen LogP) is 3.77. The molecule has 0 N–H and O–H groups in total. The van der Waals surface area contributed by atoms with Crippen LogP contribution >= 0.6 is 0 Å². The van der Waals surface area contributed by atoms with Crippen molar-refractivity contribution in [1.82, 2.24) is 4.90 Å². The van der Waals surface area contributed by atoms with Crippen LogP contribution in [0.2, 0.25) is 0 Å². The molecule has 0 aromatic rings. The summed E-state index contributed by atoms with van der Waals surface area (Å²) in [6.07, 6.45) is 5.25. The molecule has 1 fully saturated rings. The molecule has 2 rings (SSSR count). The molecule has 0 aromatic carbocycles. The molecule has 0 saturated carbocycles. The molecule has 1 heterocycles. The van der Waals surface area contributed by atoms with Crippen molar-refractivity contribution in [2.45, 2.75) is 53.5 Å². The summed E-state index contributed by atoms with van der Waals surface area (Å²) >= 11 is 0. The molecule has 0 radical (unpaired) electrons. The normalized spacial score (nSPS) is 33.4. The van der Waals surface area contributed by atoms with Crippen LogP contribution in [0.15, 0.2) is 22.8 Å². The number of rotatable bonds is 2. The maximum absolute atomic E-state index is 2.66. The van der Waals surface area contributed by atoms with E-state index >= 15 is 0 Å². The van der Waals surface area contributed by atoms with Gasteiger partial charge in [-0.1, -0.05) is 24.1 Å². The second kappa shape index (κ2) is 4.03. The molecule has 0 aromatic heterocycles. The highest BCUT2D eigenvalue weighted by Gasteiger charge is 2.39. The maximum atomic E-state index is 2.66. The average molecular weight is 219 g/mol. The Morgan fingerprint density at radius 2 is 1.75 bits per heavy atom. The van der Waals surface area contributed by atoms with Gasteiger partial charge in [0.1, 0.15) is 0 Å². The molecule has 1 heteroatoms. The van der Waals surface area contributed by atoms with E-state index in [1.54, 1.807) is 5.57 Å². The Labute approximate surface area is 100 Å². The summed E-state index contributed by atoms with van der Waals surface area (Å²) in [5, 5.41) is 0. The molecule has 1 nitrogen and oxygen atoms in total. The SMILES string of the molecule is CC1=CC(C)(C(C)N2CCCC2)C(C)=C1C. The van der Waals surface area contributed by atoms with Crippen LogP contribution in [-0.2, 0) is 0 Å². The van der Waals surface area contributed by atoms with E-state index in [0.29, 0.717) is 6.04 Å². The van der Waals surface area contributed by atoms with Crippen LogP contribution in [0.3, 0.4) is 0 Å². The zero-order valence-corrected chi connectivity index (χ0v) is 11.4. The zero-order chi connectivity index (χ0) is 11.9. The first kappa shape index (κ1) is 11.9. The Kier molecular flexibility index (Phi) is 3.00. The van der Waals surface area contributed by atoms with E-state index < -0.39 is 0 Å². The first-order valence-corrected chi connectivity index (χ1v) is 6.58. The van der Waals surface area contributed by atoms with Crippen LogP contribution in [0, 0.1) is 5.41 Å². The van der Waals surface area contributed by atoms with Crippen LogP contribution < -0.4 is 0 Å². The Morgan fingerprint density at radius 1 is 1.19 bits per heavy atom. The summed E-state index contributed by atoms with van der Waals surface area (Å²) in [5.41, 5.74) is 4.82. The fourth-order valence-electron chi connectivity index (χ4n) is 3.31. The van der Waals surface area contributed by atoms with E-state index in [-0.39, 0.29) is 5.41 Å². The van der Waals surface area contributed by atoms with E-state index in [2.05, 4.69) is 45.6 Å². The number of likely N-dealkylation sites (tertiary alicyclic amines) is 1. The van der Waals surface area contributed by atoms with Gasteiger partial charge in [-0.05, 0) is 59.2 Å². The van der Waals surface area contributed by atoms with Gasteiger partial charge >= 0.3 is 0 Å². The van der Waals surface area contributed by atoms with E-state index in [1.807, 2.05) is 0 Å². The molecule has 1 aliphatic carbocycles. The molecule has 2 aliphatic rings. The monoisotopic (exact) mass is 219 g/mol. The molecule has 1 aliphatic heterocycles. The van der Waals surface area contributed by atoms with Gasteiger partial charge in [0.25, 0.3) is 0 Å². The average Bonchev–Trinajstić information content (AvgIpc) is 2.83. The molecular weight excluding hydrogens is 194 g/mol. The third kappa shape index (κ3) is 1.66. The molecule has 0 spiro atoms. The lowest BCUT2D eigenvalue weighted by atomic mass is 9.78. The summed E-state index contributed by atoms with van der Waals surface area (Å²) in [4.78, 5) is 2.66. The van der Waals surface area contributed by atoms with E-state index in [0.717, 1.165) is 0 Å². The first-order chi connectivity index (χ1) is 7.47. The minimum absolute atomic E-state index is 0.262. The zero-order valence-electron chi connectivity index (χ0n) is 11.4. The maximum Gasteiger partial charge on any atom is 0.0224 e. The molecule has 1 saturated heterocycles. The largest absolute Gasteiger partial charge is 0.299 e. The van der Waals surface area contributed by atoms with Crippen LogP contribution in [0.25, 0.3) is 0 Å². The van der Waals surface area contributed by atoms with E-state index in [1.165, 1.54) is 37.1 Å². The van der Waals surface area contributed by atoms with Crippen molar-refractivity contribution in [2.24, 2.45) is 5.41 Å². The molecule has 2 unspecified atom stereocenters. The van der Waals surface area contributed by atoms with Gasteiger partial charge in [-0.2, -0.15) is 0 Å². The lowest BCUT2D eigenvalue weighted by molar-refractivity contribution is 0.174. The van der Waals surface area contributed by atoms with Crippen molar-refractivity contribution in [3.05, 3.63) is 22.8 Å². The van der Waals surface area contributed by atoms with Crippen molar-refractivity contribution in [2.75, 3.05) is 13.1 Å². The summed E-state index contributed by atoms with van der Waals surface area (Å²) < 4.78 is 0. The van der Waals surface area contributed by atoms with Gasteiger partial charge in [0.2, 0.25) is 0 Å². The van der Waals surface area contributed by atoms with Gasteiger partial charge in [0.15, 0.2) is 0 Å². The highest BCUT2D eigenvalue weighted by atomic mass is 15.2. The Balaban J connectivity index is 2.26. The smallest absolute Gasteiger partial charge is 0.0224 e. The number of allylic oxidation sites excluding steroid dienone is 2. The lowest BCUT2D eigenvalue weighted by Gasteiger charge is -2.38. The fraction of sp³-hybridized carbons (Fsp3) is 0.733. The van der Waals surface area contributed by atoms with E-state index in [9.17, 15) is 0 Å². The van der Waals surface area contributed by atoms with Crippen LogP contribution in [0.1, 0.15) is 47.5 Å². The van der Waals surface area contributed by atoms with Crippen LogP contribution in [0.4, 0.5) is 0 Å². The van der Waals surface area contributed by atoms with Gasteiger partial charge < -0.3 is 0 Å². The number of hydrogen-bond acceptors (Lipinski definition) is 1. The molecule has 90 valence electrons. The molecular formula is C15H25N. The molecule has 2 atom stereocenters. The standard InChI is InChI=1S/C15H25N/c1-11-10-15(5,13(3)12(11)2)14(4)16-8-6-7-9-16/h10,14H,6-9H2,1-5H3. The minimum Gasteiger partial charge on any atom is -0.299 e. The van der Waals surface area contributed by atoms with Gasteiger partial charge in [-0.3, -0.25) is 4.90 Å². The number of nitrogens with zero attached hydrogens (tertiary/aromatic N) is 1. The summed E-state index contributed by atoms with van der Waals surface area (Å²) in [6, 6.07) is 0.641. The summed E-state index contributed by atoms with van der Waals surface area (Å²) in [6.45, 7) is 14.2. The molecule has 0 amide bonds. The Hall–Kier alpha value is -0.560. The van der Waals surface area contributed by atoms with Crippen LogP contribution in [-0.4, -0.2) is 24.0 Å². The van der Waals surface area contributed by atoms with Crippen LogP contribution in [0.5, 0.6) is 0 Å². The molecule has 16 heavy (non-hydrogen) atoms. The lowest BCUT2D eigenvalue weighted by Crippen LogP contribution is -2.42. The van der Waals surface area contributed by atoms with Gasteiger partial charge in [-0.15, -0.1) is 0 Å². The first-order valence-electron chi connectivity index (χ1n) is 6.58. The minimum atomic E-state index is 0.262. The van der Waals surface area contributed by atoms with Crippen molar-refractivity contribution in [3.8, 4) is 0 Å². The van der Waals surface area contributed by atoms with Crippen molar-refractivity contribution in [3.63, 3.8) is 0 Å². The summed E-state index contributed by atoms with van der Waals surface area (Å²) in [7, 11) is 0. The second-order valence-electron chi connectivity index (χ2n) is 5.78. The van der Waals surface area contributed by atoms with Crippen molar-refractivity contribution >= 4 is 0 Å². The van der Waals surface area contributed by atoms with Gasteiger partial charge in [0, 0.05) is 11.5 Å².